The largest absolute Gasteiger partial charge is 0.487 e. The summed E-state index contributed by atoms with van der Waals surface area (Å²) in [7, 11) is 1.75. The van der Waals surface area contributed by atoms with E-state index < -0.39 is 0 Å². The minimum absolute atomic E-state index is 0.195. The van der Waals surface area contributed by atoms with Crippen LogP contribution in [0.5, 0.6) is 5.75 Å². The minimum atomic E-state index is 0.195. The third-order valence-electron chi connectivity index (χ3n) is 2.93. The summed E-state index contributed by atoms with van der Waals surface area (Å²) in [5.41, 5.74) is 0. The Balaban J connectivity index is 1.97. The Hall–Kier alpha value is -0.800. The SMILES string of the molecule is COC1CCCC(Oc2cccnc2Cl)C1. The van der Waals surface area contributed by atoms with E-state index in [1.54, 1.807) is 13.3 Å². The molecule has 0 bridgehead atoms. The zero-order chi connectivity index (χ0) is 11.4. The molecule has 4 heteroatoms. The predicted molar refractivity (Wildman–Crippen MR) is 62.9 cm³/mol. The third kappa shape index (κ3) is 2.86. The predicted octanol–water partition coefficient (Wildman–Crippen LogP) is 3.07. The maximum Gasteiger partial charge on any atom is 0.171 e. The normalized spacial score (nSPS) is 25.4. The molecule has 1 heterocycles. The summed E-state index contributed by atoms with van der Waals surface area (Å²) in [5.74, 6) is 0.672. The summed E-state index contributed by atoms with van der Waals surface area (Å²) in [4.78, 5) is 3.99. The van der Waals surface area contributed by atoms with E-state index in [1.165, 1.54) is 0 Å². The van der Waals surface area contributed by atoms with E-state index in [9.17, 15) is 0 Å². The van der Waals surface area contributed by atoms with Gasteiger partial charge in [0.1, 0.15) is 6.10 Å². The van der Waals surface area contributed by atoms with E-state index in [4.69, 9.17) is 21.1 Å². The van der Waals surface area contributed by atoms with Crippen molar-refractivity contribution >= 4 is 11.6 Å². The van der Waals surface area contributed by atoms with Crippen LogP contribution < -0.4 is 4.74 Å². The molecule has 0 aromatic carbocycles. The quantitative estimate of drug-likeness (QED) is 0.763. The molecule has 3 nitrogen and oxygen atoms in total. The fourth-order valence-corrected chi connectivity index (χ4v) is 2.23. The second-order valence-electron chi connectivity index (χ2n) is 4.06. The summed E-state index contributed by atoms with van der Waals surface area (Å²) in [5, 5.41) is 0.432. The molecule has 1 aliphatic rings. The van der Waals surface area contributed by atoms with Gasteiger partial charge in [-0.3, -0.25) is 0 Å². The maximum atomic E-state index is 5.95. The molecule has 1 aromatic heterocycles. The molecular formula is C12H16ClNO2. The van der Waals surface area contributed by atoms with Gasteiger partial charge in [-0.2, -0.15) is 0 Å². The first-order chi connectivity index (χ1) is 7.79. The summed E-state index contributed by atoms with van der Waals surface area (Å²) >= 11 is 5.95. The Morgan fingerprint density at radius 2 is 2.19 bits per heavy atom. The van der Waals surface area contributed by atoms with Gasteiger partial charge in [-0.05, 0) is 31.4 Å². The van der Waals surface area contributed by atoms with Gasteiger partial charge in [0.25, 0.3) is 0 Å². The molecule has 1 fully saturated rings. The fraction of sp³-hybridized carbons (Fsp3) is 0.583. The fourth-order valence-electron chi connectivity index (χ4n) is 2.06. The summed E-state index contributed by atoms with van der Waals surface area (Å²) in [6, 6.07) is 3.68. The van der Waals surface area contributed by atoms with Gasteiger partial charge in [0, 0.05) is 19.7 Å². The van der Waals surface area contributed by atoms with E-state index in [0.717, 1.165) is 25.7 Å². The van der Waals surface area contributed by atoms with E-state index in [2.05, 4.69) is 4.98 Å². The second kappa shape index (κ2) is 5.51. The highest BCUT2D eigenvalue weighted by atomic mass is 35.5. The van der Waals surface area contributed by atoms with Crippen LogP contribution in [0.3, 0.4) is 0 Å². The standard InChI is InChI=1S/C12H16ClNO2/c1-15-9-4-2-5-10(8-9)16-11-6-3-7-14-12(11)13/h3,6-7,9-10H,2,4-5,8H2,1H3. The number of methoxy groups -OCH3 is 1. The minimum Gasteiger partial charge on any atom is -0.487 e. The molecule has 2 rings (SSSR count). The molecule has 0 spiro atoms. The molecule has 88 valence electrons. The van der Waals surface area contributed by atoms with Crippen LogP contribution in [0.4, 0.5) is 0 Å². The van der Waals surface area contributed by atoms with Crippen LogP contribution in [0.2, 0.25) is 5.15 Å². The van der Waals surface area contributed by atoms with Gasteiger partial charge in [-0.15, -0.1) is 0 Å². The molecule has 2 atom stereocenters. The van der Waals surface area contributed by atoms with Crippen molar-refractivity contribution in [1.29, 1.82) is 0 Å². The van der Waals surface area contributed by atoms with Crippen LogP contribution >= 0.6 is 11.6 Å². The lowest BCUT2D eigenvalue weighted by molar-refractivity contribution is 0.0209. The first-order valence-electron chi connectivity index (χ1n) is 5.59. The monoisotopic (exact) mass is 241 g/mol. The Kier molecular flexibility index (Phi) is 4.02. The summed E-state index contributed by atoms with van der Waals surface area (Å²) in [6.07, 6.45) is 6.42. The molecule has 0 radical (unpaired) electrons. The molecule has 0 amide bonds. The molecule has 16 heavy (non-hydrogen) atoms. The molecule has 0 saturated heterocycles. The lowest BCUT2D eigenvalue weighted by Crippen LogP contribution is -2.29. The van der Waals surface area contributed by atoms with Gasteiger partial charge < -0.3 is 9.47 Å². The van der Waals surface area contributed by atoms with E-state index >= 15 is 0 Å². The van der Waals surface area contributed by atoms with Crippen molar-refractivity contribution in [3.8, 4) is 5.75 Å². The Labute approximate surface area is 101 Å². The van der Waals surface area contributed by atoms with Crippen molar-refractivity contribution in [2.75, 3.05) is 7.11 Å². The van der Waals surface area contributed by atoms with E-state index in [0.29, 0.717) is 17.0 Å². The highest BCUT2D eigenvalue weighted by Crippen LogP contribution is 2.28. The Morgan fingerprint density at radius 1 is 1.38 bits per heavy atom. The summed E-state index contributed by atoms with van der Waals surface area (Å²) in [6.45, 7) is 0. The van der Waals surface area contributed by atoms with Gasteiger partial charge in [0.15, 0.2) is 10.9 Å². The van der Waals surface area contributed by atoms with E-state index in [-0.39, 0.29) is 6.10 Å². The van der Waals surface area contributed by atoms with Gasteiger partial charge in [-0.1, -0.05) is 11.6 Å². The number of hydrogen-bond acceptors (Lipinski definition) is 3. The van der Waals surface area contributed by atoms with Gasteiger partial charge in [-0.25, -0.2) is 4.98 Å². The number of hydrogen-bond donors (Lipinski definition) is 0. The third-order valence-corrected chi connectivity index (χ3v) is 3.21. The highest BCUT2D eigenvalue weighted by Gasteiger charge is 2.23. The zero-order valence-corrected chi connectivity index (χ0v) is 10.1. The van der Waals surface area contributed by atoms with Crippen molar-refractivity contribution in [3.63, 3.8) is 0 Å². The smallest absolute Gasteiger partial charge is 0.171 e. The molecule has 2 unspecified atom stereocenters. The molecular weight excluding hydrogens is 226 g/mol. The highest BCUT2D eigenvalue weighted by molar-refractivity contribution is 6.30. The maximum absolute atomic E-state index is 5.95. The first kappa shape index (κ1) is 11.7. The average Bonchev–Trinajstić information content (AvgIpc) is 2.32. The number of aromatic nitrogens is 1. The number of halogens is 1. The van der Waals surface area contributed by atoms with Crippen molar-refractivity contribution in [3.05, 3.63) is 23.5 Å². The Bertz CT molecular complexity index is 346. The number of nitrogens with zero attached hydrogens (tertiary/aromatic N) is 1. The first-order valence-corrected chi connectivity index (χ1v) is 5.97. The molecule has 1 aromatic rings. The molecule has 1 aliphatic carbocycles. The van der Waals surface area contributed by atoms with Crippen molar-refractivity contribution in [2.24, 2.45) is 0 Å². The van der Waals surface area contributed by atoms with Gasteiger partial charge >= 0.3 is 0 Å². The van der Waals surface area contributed by atoms with Crippen molar-refractivity contribution in [2.45, 2.75) is 37.9 Å². The van der Waals surface area contributed by atoms with Crippen LogP contribution in [0, 0.1) is 0 Å². The number of pyridine rings is 1. The van der Waals surface area contributed by atoms with Gasteiger partial charge in [0.05, 0.1) is 6.10 Å². The van der Waals surface area contributed by atoms with Gasteiger partial charge in [0.2, 0.25) is 0 Å². The van der Waals surface area contributed by atoms with Crippen molar-refractivity contribution < 1.29 is 9.47 Å². The second-order valence-corrected chi connectivity index (χ2v) is 4.41. The number of ether oxygens (including phenoxy) is 2. The molecule has 1 saturated carbocycles. The van der Waals surface area contributed by atoms with Crippen molar-refractivity contribution in [1.82, 2.24) is 4.98 Å². The van der Waals surface area contributed by atoms with Crippen LogP contribution in [-0.2, 0) is 4.74 Å². The average molecular weight is 242 g/mol. The summed E-state index contributed by atoms with van der Waals surface area (Å²) < 4.78 is 11.2. The lowest BCUT2D eigenvalue weighted by atomic mass is 9.95. The van der Waals surface area contributed by atoms with Crippen LogP contribution in [0.1, 0.15) is 25.7 Å². The van der Waals surface area contributed by atoms with Crippen LogP contribution in [-0.4, -0.2) is 24.3 Å². The lowest BCUT2D eigenvalue weighted by Gasteiger charge is -2.28. The van der Waals surface area contributed by atoms with Crippen LogP contribution in [0.25, 0.3) is 0 Å². The molecule has 0 aliphatic heterocycles. The zero-order valence-electron chi connectivity index (χ0n) is 9.36. The Morgan fingerprint density at radius 3 is 2.94 bits per heavy atom. The van der Waals surface area contributed by atoms with Crippen LogP contribution in [0.15, 0.2) is 18.3 Å². The number of rotatable bonds is 3. The van der Waals surface area contributed by atoms with E-state index in [1.807, 2.05) is 12.1 Å². The molecule has 0 N–H and O–H groups in total. The topological polar surface area (TPSA) is 31.4 Å².